The van der Waals surface area contributed by atoms with E-state index in [4.69, 9.17) is 23.4 Å². The first-order valence-electron chi connectivity index (χ1n) is 12.7. The molecule has 14 heteroatoms. The highest BCUT2D eigenvalue weighted by Crippen LogP contribution is 2.34. The standard InChI is InChI=1S/C27H30O14/c1-10-20(31)22(33)24(35)26(38-10)37-9-18-21(32)23(34)25(36)27(41-18)39-13-6-14(29)19-15(30)8-16(40-17(19)7-13)11-2-4-12(28)5-3-11/h2-8,10,18,20-29,31-36H,9H2,1H3/t10-,18-,20-,21+,22+,23+,24+,25-,26+,27+/m0/s1. The molecule has 1 aromatic heterocycles. The van der Waals surface area contributed by atoms with E-state index in [1.54, 1.807) is 0 Å². The molecular formula is C27H30O14. The molecule has 8 N–H and O–H groups in total. The lowest BCUT2D eigenvalue weighted by atomic mass is 9.98. The maximum Gasteiger partial charge on any atom is 0.229 e. The third-order valence-corrected chi connectivity index (χ3v) is 7.09. The van der Waals surface area contributed by atoms with Gasteiger partial charge in [0.2, 0.25) is 6.29 Å². The van der Waals surface area contributed by atoms with Crippen LogP contribution in [0, 0.1) is 0 Å². The number of aromatic hydroxyl groups is 2. The predicted octanol–water partition coefficient (Wildman–Crippen LogP) is -1.10. The number of ether oxygens (including phenoxy) is 4. The van der Waals surface area contributed by atoms with Gasteiger partial charge < -0.3 is 64.2 Å². The Labute approximate surface area is 231 Å². The van der Waals surface area contributed by atoms with Gasteiger partial charge in [0.1, 0.15) is 76.7 Å². The first-order chi connectivity index (χ1) is 19.4. The topological polar surface area (TPSA) is 229 Å². The minimum atomic E-state index is -1.76. The highest BCUT2D eigenvalue weighted by Gasteiger charge is 2.47. The minimum Gasteiger partial charge on any atom is -0.508 e. The zero-order chi connectivity index (χ0) is 29.6. The summed E-state index contributed by atoms with van der Waals surface area (Å²) in [6.45, 7) is 0.969. The molecule has 0 unspecified atom stereocenters. The monoisotopic (exact) mass is 578 g/mol. The van der Waals surface area contributed by atoms with Gasteiger partial charge in [-0.3, -0.25) is 4.79 Å². The number of phenolic OH excluding ortho intramolecular Hbond substituents is 2. The summed E-state index contributed by atoms with van der Waals surface area (Å²) in [6.07, 6.45) is -14.9. The average molecular weight is 579 g/mol. The van der Waals surface area contributed by atoms with Gasteiger partial charge >= 0.3 is 0 Å². The summed E-state index contributed by atoms with van der Waals surface area (Å²) in [5, 5.41) is 81.2. The Bertz CT molecular complexity index is 1420. The van der Waals surface area contributed by atoms with Crippen LogP contribution in [0.15, 0.2) is 51.7 Å². The first-order valence-corrected chi connectivity index (χ1v) is 12.7. The normalized spacial score (nSPS) is 34.0. The lowest BCUT2D eigenvalue weighted by Crippen LogP contribution is -2.61. The van der Waals surface area contributed by atoms with Gasteiger partial charge in [-0.2, -0.15) is 0 Å². The number of hydrogen-bond acceptors (Lipinski definition) is 14. The van der Waals surface area contributed by atoms with Crippen LogP contribution in [0.5, 0.6) is 17.2 Å². The van der Waals surface area contributed by atoms with Crippen molar-refractivity contribution in [2.75, 3.05) is 6.61 Å². The van der Waals surface area contributed by atoms with E-state index in [1.807, 2.05) is 0 Å². The highest BCUT2D eigenvalue weighted by molar-refractivity contribution is 5.86. The number of fused-ring (bicyclic) bond motifs is 1. The Morgan fingerprint density at radius 3 is 2.15 bits per heavy atom. The second kappa shape index (κ2) is 11.5. The highest BCUT2D eigenvalue weighted by atomic mass is 16.7. The molecule has 2 saturated heterocycles. The lowest BCUT2D eigenvalue weighted by molar-refractivity contribution is -0.318. The van der Waals surface area contributed by atoms with Crippen LogP contribution in [0.25, 0.3) is 22.3 Å². The maximum absolute atomic E-state index is 12.7. The van der Waals surface area contributed by atoms with Crippen molar-refractivity contribution in [2.24, 2.45) is 0 Å². The first kappa shape index (κ1) is 29.2. The van der Waals surface area contributed by atoms with E-state index in [1.165, 1.54) is 43.3 Å². The van der Waals surface area contributed by atoms with Crippen molar-refractivity contribution in [3.05, 3.63) is 52.7 Å². The van der Waals surface area contributed by atoms with Gasteiger partial charge in [0.15, 0.2) is 11.7 Å². The molecule has 10 atom stereocenters. The van der Waals surface area contributed by atoms with Crippen molar-refractivity contribution in [1.29, 1.82) is 0 Å². The van der Waals surface area contributed by atoms with Gasteiger partial charge in [0.25, 0.3) is 0 Å². The Balaban J connectivity index is 1.35. The molecular weight excluding hydrogens is 548 g/mol. The summed E-state index contributed by atoms with van der Waals surface area (Å²) in [7, 11) is 0. The van der Waals surface area contributed by atoms with Crippen LogP contribution in [0.2, 0.25) is 0 Å². The summed E-state index contributed by atoms with van der Waals surface area (Å²) < 4.78 is 27.9. The SMILES string of the molecule is C[C@@H]1O[C@@H](OC[C@@H]2O[C@@H](Oc3cc(O)c4c(=O)cc(-c5ccc(O)cc5)oc4c3)[C@@H](O)[C@H](O)[C@@H]2O)[C@H](O)[C@H](O)[C@H]1O. The van der Waals surface area contributed by atoms with E-state index in [-0.39, 0.29) is 28.2 Å². The lowest BCUT2D eigenvalue weighted by Gasteiger charge is -2.42. The number of rotatable bonds is 6. The van der Waals surface area contributed by atoms with Crippen LogP contribution in [-0.4, -0.2) is 109 Å². The van der Waals surface area contributed by atoms with Gasteiger partial charge in [-0.05, 0) is 31.2 Å². The largest absolute Gasteiger partial charge is 0.508 e. The van der Waals surface area contributed by atoms with Crippen LogP contribution >= 0.6 is 0 Å². The molecule has 0 saturated carbocycles. The van der Waals surface area contributed by atoms with E-state index in [9.17, 15) is 45.6 Å². The summed E-state index contributed by atoms with van der Waals surface area (Å²) in [6, 6.07) is 9.40. The van der Waals surface area contributed by atoms with Gasteiger partial charge in [-0.25, -0.2) is 0 Å². The van der Waals surface area contributed by atoms with E-state index < -0.39 is 79.2 Å². The summed E-state index contributed by atoms with van der Waals surface area (Å²) in [5.41, 5.74) is -0.149. The molecule has 3 aromatic rings. The Morgan fingerprint density at radius 1 is 0.780 bits per heavy atom. The third kappa shape index (κ3) is 5.74. The van der Waals surface area contributed by atoms with Crippen molar-refractivity contribution < 1.29 is 64.2 Å². The van der Waals surface area contributed by atoms with Crippen LogP contribution in [0.1, 0.15) is 6.92 Å². The van der Waals surface area contributed by atoms with Crippen molar-refractivity contribution in [1.82, 2.24) is 0 Å². The van der Waals surface area contributed by atoms with E-state index >= 15 is 0 Å². The summed E-state index contributed by atoms with van der Waals surface area (Å²) >= 11 is 0. The molecule has 0 radical (unpaired) electrons. The molecule has 41 heavy (non-hydrogen) atoms. The van der Waals surface area contributed by atoms with Crippen LogP contribution in [0.4, 0.5) is 0 Å². The van der Waals surface area contributed by atoms with Crippen molar-refractivity contribution in [3.63, 3.8) is 0 Å². The van der Waals surface area contributed by atoms with Crippen molar-refractivity contribution in [3.8, 4) is 28.6 Å². The molecule has 2 aromatic carbocycles. The molecule has 2 aliphatic rings. The van der Waals surface area contributed by atoms with Gasteiger partial charge in [-0.15, -0.1) is 0 Å². The molecule has 14 nitrogen and oxygen atoms in total. The second-order valence-corrected chi connectivity index (χ2v) is 9.98. The van der Waals surface area contributed by atoms with Crippen LogP contribution in [0.3, 0.4) is 0 Å². The quantitative estimate of drug-likeness (QED) is 0.174. The smallest absolute Gasteiger partial charge is 0.229 e. The Hall–Kier alpha value is -3.31. The fraction of sp³-hybridized carbons (Fsp3) is 0.444. The zero-order valence-electron chi connectivity index (χ0n) is 21.5. The molecule has 2 aliphatic heterocycles. The van der Waals surface area contributed by atoms with Crippen LogP contribution in [-0.2, 0) is 14.2 Å². The zero-order valence-corrected chi connectivity index (χ0v) is 21.5. The molecule has 2 fully saturated rings. The fourth-order valence-corrected chi connectivity index (χ4v) is 4.71. The Kier molecular flexibility index (Phi) is 8.20. The van der Waals surface area contributed by atoms with Gasteiger partial charge in [0.05, 0.1) is 12.7 Å². The molecule has 5 rings (SSSR count). The third-order valence-electron chi connectivity index (χ3n) is 7.09. The molecule has 0 bridgehead atoms. The number of aliphatic hydroxyl groups is 6. The van der Waals surface area contributed by atoms with E-state index in [2.05, 4.69) is 0 Å². The Morgan fingerprint density at radius 2 is 1.44 bits per heavy atom. The average Bonchev–Trinajstić information content (AvgIpc) is 2.94. The van der Waals surface area contributed by atoms with Gasteiger partial charge in [0, 0.05) is 23.8 Å². The molecule has 0 spiro atoms. The number of aliphatic hydroxyl groups excluding tert-OH is 6. The summed E-state index contributed by atoms with van der Waals surface area (Å²) in [4.78, 5) is 12.7. The molecule has 0 amide bonds. The van der Waals surface area contributed by atoms with Crippen LogP contribution < -0.4 is 10.2 Å². The minimum absolute atomic E-state index is 0.0145. The van der Waals surface area contributed by atoms with Crippen molar-refractivity contribution in [2.45, 2.75) is 68.3 Å². The number of phenols is 2. The number of hydrogen-bond donors (Lipinski definition) is 8. The van der Waals surface area contributed by atoms with E-state index in [0.717, 1.165) is 6.07 Å². The number of benzene rings is 2. The second-order valence-electron chi connectivity index (χ2n) is 9.98. The van der Waals surface area contributed by atoms with E-state index in [0.29, 0.717) is 5.56 Å². The van der Waals surface area contributed by atoms with Gasteiger partial charge in [-0.1, -0.05) is 0 Å². The molecule has 222 valence electrons. The maximum atomic E-state index is 12.7. The van der Waals surface area contributed by atoms with Crippen molar-refractivity contribution >= 4 is 11.0 Å². The fourth-order valence-electron chi connectivity index (χ4n) is 4.71. The molecule has 3 heterocycles. The predicted molar refractivity (Wildman–Crippen MR) is 137 cm³/mol. The summed E-state index contributed by atoms with van der Waals surface area (Å²) in [5.74, 6) is -0.457. The molecule has 0 aliphatic carbocycles.